The summed E-state index contributed by atoms with van der Waals surface area (Å²) in [5.74, 6) is 1.22. The molecule has 1 spiro atoms. The van der Waals surface area contributed by atoms with Crippen molar-refractivity contribution in [3.63, 3.8) is 0 Å². The van der Waals surface area contributed by atoms with Gasteiger partial charge < -0.3 is 14.2 Å². The van der Waals surface area contributed by atoms with Gasteiger partial charge in [0.05, 0.1) is 5.00 Å². The number of carbonyl (C=O) groups is 2. The predicted octanol–water partition coefficient (Wildman–Crippen LogP) is 3.23. The van der Waals surface area contributed by atoms with Crippen LogP contribution in [0.25, 0.3) is 0 Å². The van der Waals surface area contributed by atoms with Crippen LogP contribution in [0.4, 0.5) is 5.00 Å². The molecule has 2 aliphatic heterocycles. The van der Waals surface area contributed by atoms with Gasteiger partial charge >= 0.3 is 0 Å². The van der Waals surface area contributed by atoms with Crippen molar-refractivity contribution in [2.24, 2.45) is 5.41 Å². The van der Waals surface area contributed by atoms with E-state index in [1.807, 2.05) is 35.8 Å². The summed E-state index contributed by atoms with van der Waals surface area (Å²) in [6, 6.07) is 7.59. The summed E-state index contributed by atoms with van der Waals surface area (Å²) in [7, 11) is 0. The van der Waals surface area contributed by atoms with Crippen LogP contribution in [-0.4, -0.2) is 36.3 Å². The lowest BCUT2D eigenvalue weighted by Gasteiger charge is -2.23. The van der Waals surface area contributed by atoms with Crippen LogP contribution in [-0.2, 0) is 4.79 Å². The number of furan rings is 1. The molecule has 24 heavy (non-hydrogen) atoms. The summed E-state index contributed by atoms with van der Waals surface area (Å²) < 4.78 is 5.46. The highest BCUT2D eigenvalue weighted by atomic mass is 32.1. The van der Waals surface area contributed by atoms with Gasteiger partial charge in [-0.1, -0.05) is 0 Å². The van der Waals surface area contributed by atoms with E-state index >= 15 is 0 Å². The molecule has 0 radical (unpaired) electrons. The van der Waals surface area contributed by atoms with Crippen molar-refractivity contribution in [2.75, 3.05) is 24.5 Å². The summed E-state index contributed by atoms with van der Waals surface area (Å²) in [5.41, 5.74) is -0.119. The van der Waals surface area contributed by atoms with Gasteiger partial charge in [0.15, 0.2) is 5.76 Å². The number of hydrogen-bond acceptors (Lipinski definition) is 4. The van der Waals surface area contributed by atoms with E-state index in [4.69, 9.17) is 4.42 Å². The van der Waals surface area contributed by atoms with E-state index in [0.29, 0.717) is 31.8 Å². The van der Waals surface area contributed by atoms with E-state index in [1.165, 1.54) is 4.88 Å². The molecular formula is C18H20N2O3S. The molecule has 5 nitrogen and oxygen atoms in total. The molecule has 4 rings (SSSR count). The number of anilines is 1. The van der Waals surface area contributed by atoms with Crippen molar-refractivity contribution >= 4 is 28.2 Å². The van der Waals surface area contributed by atoms with Crippen LogP contribution in [0.3, 0.4) is 0 Å². The van der Waals surface area contributed by atoms with Crippen molar-refractivity contribution < 1.29 is 14.0 Å². The highest BCUT2D eigenvalue weighted by Crippen LogP contribution is 2.43. The van der Waals surface area contributed by atoms with Gasteiger partial charge in [-0.05, 0) is 44.5 Å². The topological polar surface area (TPSA) is 53.8 Å². The smallest absolute Gasteiger partial charge is 0.289 e. The van der Waals surface area contributed by atoms with Gasteiger partial charge in [-0.3, -0.25) is 9.59 Å². The molecular weight excluding hydrogens is 324 g/mol. The van der Waals surface area contributed by atoms with Gasteiger partial charge in [-0.2, -0.15) is 0 Å². The largest absolute Gasteiger partial charge is 0.456 e. The third-order valence-corrected chi connectivity index (χ3v) is 6.01. The fourth-order valence-corrected chi connectivity index (χ4v) is 4.63. The van der Waals surface area contributed by atoms with E-state index in [9.17, 15) is 9.59 Å². The Morgan fingerprint density at radius 3 is 2.71 bits per heavy atom. The zero-order valence-corrected chi connectivity index (χ0v) is 14.7. The van der Waals surface area contributed by atoms with E-state index < -0.39 is 0 Å². The quantitative estimate of drug-likeness (QED) is 0.840. The van der Waals surface area contributed by atoms with Crippen LogP contribution < -0.4 is 4.90 Å². The van der Waals surface area contributed by atoms with Gasteiger partial charge in [0, 0.05) is 36.3 Å². The monoisotopic (exact) mass is 344 g/mol. The summed E-state index contributed by atoms with van der Waals surface area (Å²) in [6.07, 6.45) is 1.38. The van der Waals surface area contributed by atoms with E-state index in [-0.39, 0.29) is 17.2 Å². The third-order valence-electron chi connectivity index (χ3n) is 4.99. The Morgan fingerprint density at radius 2 is 2.04 bits per heavy atom. The molecule has 2 aromatic rings. The Hall–Kier alpha value is -2.08. The molecule has 2 aliphatic rings. The lowest BCUT2D eigenvalue weighted by Crippen LogP contribution is -2.33. The minimum atomic E-state index is -0.119. The summed E-state index contributed by atoms with van der Waals surface area (Å²) in [4.78, 5) is 30.0. The molecule has 2 saturated heterocycles. The number of hydrogen-bond donors (Lipinski definition) is 0. The van der Waals surface area contributed by atoms with E-state index in [2.05, 4.69) is 0 Å². The van der Waals surface area contributed by atoms with Gasteiger partial charge in [-0.15, -0.1) is 11.3 Å². The first-order chi connectivity index (χ1) is 11.5. The number of carbonyl (C=O) groups excluding carboxylic acids is 2. The van der Waals surface area contributed by atoms with E-state index in [1.54, 1.807) is 23.5 Å². The molecule has 0 aliphatic carbocycles. The number of likely N-dealkylation sites (tertiary alicyclic amines) is 1. The zero-order valence-electron chi connectivity index (χ0n) is 13.9. The standard InChI is InChI=1S/C18H20N2O3S/c1-12-3-5-14(23-12)17(22)19-8-7-18(10-19)9-15(21)20(11-18)16-6-4-13(2)24-16/h3-6H,7-11H2,1-2H3. The Kier molecular flexibility index (Phi) is 3.53. The maximum absolute atomic E-state index is 12.6. The SMILES string of the molecule is Cc1ccc(C(=O)N2CCC3(CC(=O)N(c4ccc(C)s4)C3)C2)o1. The van der Waals surface area contributed by atoms with Gasteiger partial charge in [-0.25, -0.2) is 0 Å². The van der Waals surface area contributed by atoms with Gasteiger partial charge in [0.1, 0.15) is 5.76 Å². The molecule has 2 aromatic heterocycles. The molecule has 0 aromatic carbocycles. The lowest BCUT2D eigenvalue weighted by atomic mass is 9.86. The molecule has 1 unspecified atom stereocenters. The normalized spacial score (nSPS) is 23.7. The summed E-state index contributed by atoms with van der Waals surface area (Å²) in [6.45, 7) is 5.89. The second-order valence-corrected chi connectivity index (χ2v) is 8.19. The molecule has 1 atom stereocenters. The van der Waals surface area contributed by atoms with E-state index in [0.717, 1.165) is 17.2 Å². The Balaban J connectivity index is 1.50. The average Bonchev–Trinajstić information content (AvgIpc) is 3.29. The number of thiophene rings is 1. The maximum atomic E-state index is 12.6. The molecule has 4 heterocycles. The van der Waals surface area contributed by atoms with Crippen LogP contribution in [0, 0.1) is 19.3 Å². The predicted molar refractivity (Wildman–Crippen MR) is 92.4 cm³/mol. The van der Waals surface area contributed by atoms with Crippen LogP contribution in [0.2, 0.25) is 0 Å². The van der Waals surface area contributed by atoms with Crippen molar-refractivity contribution in [1.82, 2.24) is 4.90 Å². The van der Waals surface area contributed by atoms with Crippen molar-refractivity contribution in [3.05, 3.63) is 40.7 Å². The second kappa shape index (κ2) is 5.48. The molecule has 6 heteroatoms. The summed E-state index contributed by atoms with van der Waals surface area (Å²) in [5, 5.41) is 1.01. The van der Waals surface area contributed by atoms with Gasteiger partial charge in [0.2, 0.25) is 5.91 Å². The van der Waals surface area contributed by atoms with Crippen LogP contribution in [0.5, 0.6) is 0 Å². The minimum absolute atomic E-state index is 0.0714. The number of amides is 2. The Labute approximate surface area is 144 Å². The van der Waals surface area contributed by atoms with Gasteiger partial charge in [0.25, 0.3) is 5.91 Å². The minimum Gasteiger partial charge on any atom is -0.456 e. The first-order valence-corrected chi connectivity index (χ1v) is 9.00. The first kappa shape index (κ1) is 15.4. The molecule has 126 valence electrons. The molecule has 0 N–H and O–H groups in total. The molecule has 0 bridgehead atoms. The number of aryl methyl sites for hydroxylation is 2. The fourth-order valence-electron chi connectivity index (χ4n) is 3.75. The van der Waals surface area contributed by atoms with Crippen molar-refractivity contribution in [2.45, 2.75) is 26.7 Å². The molecule has 2 amide bonds. The lowest BCUT2D eigenvalue weighted by molar-refractivity contribution is -0.117. The fraction of sp³-hybridized carbons (Fsp3) is 0.444. The molecule has 0 saturated carbocycles. The number of rotatable bonds is 2. The van der Waals surface area contributed by atoms with Crippen LogP contribution in [0.1, 0.15) is 34.0 Å². The highest BCUT2D eigenvalue weighted by Gasteiger charge is 2.49. The average molecular weight is 344 g/mol. The highest BCUT2D eigenvalue weighted by molar-refractivity contribution is 7.16. The van der Waals surface area contributed by atoms with Crippen molar-refractivity contribution in [1.29, 1.82) is 0 Å². The van der Waals surface area contributed by atoms with Crippen LogP contribution in [0.15, 0.2) is 28.7 Å². The number of nitrogens with zero attached hydrogens (tertiary/aromatic N) is 2. The second-order valence-electron chi connectivity index (χ2n) is 6.93. The Morgan fingerprint density at radius 1 is 1.21 bits per heavy atom. The van der Waals surface area contributed by atoms with Crippen molar-refractivity contribution in [3.8, 4) is 0 Å². The summed E-state index contributed by atoms with van der Waals surface area (Å²) >= 11 is 1.65. The Bertz CT molecular complexity index is 809. The maximum Gasteiger partial charge on any atom is 0.289 e. The third kappa shape index (κ3) is 2.55. The zero-order chi connectivity index (χ0) is 16.9. The molecule has 2 fully saturated rings. The first-order valence-electron chi connectivity index (χ1n) is 8.18. The van der Waals surface area contributed by atoms with Crippen LogP contribution >= 0.6 is 11.3 Å².